The highest BCUT2D eigenvalue weighted by Crippen LogP contribution is 2.29. The zero-order valence-corrected chi connectivity index (χ0v) is 7.14. The first-order valence-corrected chi connectivity index (χ1v) is 4.49. The van der Waals surface area contributed by atoms with E-state index in [2.05, 4.69) is 6.92 Å². The summed E-state index contributed by atoms with van der Waals surface area (Å²) in [5.41, 5.74) is 0. The second-order valence-electron chi connectivity index (χ2n) is 3.17. The Hall–Kier alpha value is 0.250. The summed E-state index contributed by atoms with van der Waals surface area (Å²) < 4.78 is 0. The fourth-order valence-electron chi connectivity index (χ4n) is 1.57. The Morgan fingerprint density at radius 1 is 1.50 bits per heavy atom. The van der Waals surface area contributed by atoms with Crippen molar-refractivity contribution in [1.82, 2.24) is 0 Å². The zero-order chi connectivity index (χ0) is 7.56. The monoisotopic (exact) mass is 162 g/mol. The molecule has 2 heteroatoms. The molecule has 1 saturated carbocycles. The molecule has 0 radical (unpaired) electrons. The molecule has 0 amide bonds. The van der Waals surface area contributed by atoms with Gasteiger partial charge < -0.3 is 5.11 Å². The molecule has 0 aromatic heterocycles. The van der Waals surface area contributed by atoms with Crippen molar-refractivity contribution in [2.24, 2.45) is 5.92 Å². The molecule has 0 saturated heterocycles. The number of hydrogen-bond donors (Lipinski definition) is 1. The second kappa shape index (κ2) is 3.59. The van der Waals surface area contributed by atoms with Crippen molar-refractivity contribution in [2.75, 3.05) is 0 Å². The molecule has 1 nitrogen and oxygen atoms in total. The van der Waals surface area contributed by atoms with E-state index in [-0.39, 0.29) is 11.5 Å². The lowest BCUT2D eigenvalue weighted by Crippen LogP contribution is -2.29. The Morgan fingerprint density at radius 3 is 2.70 bits per heavy atom. The molecule has 0 aromatic carbocycles. The smallest absolute Gasteiger partial charge is 0.0706 e. The molecular formula is C8H15ClO. The predicted octanol–water partition coefficient (Wildman–Crippen LogP) is 2.16. The summed E-state index contributed by atoms with van der Waals surface area (Å²) in [6, 6.07) is 0. The first-order valence-electron chi connectivity index (χ1n) is 4.06. The lowest BCUT2D eigenvalue weighted by Gasteiger charge is -2.28. The third-order valence-electron chi connectivity index (χ3n) is 2.42. The summed E-state index contributed by atoms with van der Waals surface area (Å²) in [6.07, 6.45) is 4.02. The fraction of sp³-hybridized carbons (Fsp3) is 1.00. The van der Waals surface area contributed by atoms with Crippen molar-refractivity contribution in [3.8, 4) is 0 Å². The molecular weight excluding hydrogens is 148 g/mol. The molecule has 3 atom stereocenters. The maximum absolute atomic E-state index is 9.35. The van der Waals surface area contributed by atoms with Crippen molar-refractivity contribution >= 4 is 11.6 Å². The first-order chi connectivity index (χ1) is 4.74. The fourth-order valence-corrected chi connectivity index (χ4v) is 1.79. The van der Waals surface area contributed by atoms with Crippen LogP contribution in [0.4, 0.5) is 0 Å². The van der Waals surface area contributed by atoms with E-state index in [1.165, 1.54) is 12.8 Å². The van der Waals surface area contributed by atoms with Gasteiger partial charge in [0.25, 0.3) is 0 Å². The van der Waals surface area contributed by atoms with Crippen LogP contribution in [0.2, 0.25) is 0 Å². The molecule has 0 aromatic rings. The molecule has 1 fully saturated rings. The Bertz CT molecular complexity index is 105. The van der Waals surface area contributed by atoms with E-state index in [9.17, 15) is 5.11 Å². The lowest BCUT2D eigenvalue weighted by atomic mass is 9.85. The molecule has 0 heterocycles. The lowest BCUT2D eigenvalue weighted by molar-refractivity contribution is 0.104. The maximum atomic E-state index is 9.35. The van der Waals surface area contributed by atoms with Crippen LogP contribution in [0.5, 0.6) is 0 Å². The molecule has 1 rings (SSSR count). The van der Waals surface area contributed by atoms with Gasteiger partial charge in [-0.2, -0.15) is 0 Å². The minimum absolute atomic E-state index is 0.0165. The highest BCUT2D eigenvalue weighted by molar-refractivity contribution is 6.21. The van der Waals surface area contributed by atoms with Crippen molar-refractivity contribution in [1.29, 1.82) is 0 Å². The minimum atomic E-state index is -0.250. The van der Waals surface area contributed by atoms with E-state index >= 15 is 0 Å². The minimum Gasteiger partial charge on any atom is -0.392 e. The van der Waals surface area contributed by atoms with Crippen molar-refractivity contribution in [3.05, 3.63) is 0 Å². The normalized spacial score (nSPS) is 41.7. The SMILES string of the molecule is CC[C@@H]1CCC(Cl)[C@H](O)C1. The number of hydrogen-bond acceptors (Lipinski definition) is 1. The topological polar surface area (TPSA) is 20.2 Å². The van der Waals surface area contributed by atoms with Crippen molar-refractivity contribution < 1.29 is 5.11 Å². The summed E-state index contributed by atoms with van der Waals surface area (Å²) in [7, 11) is 0. The number of aliphatic hydroxyl groups is 1. The van der Waals surface area contributed by atoms with Gasteiger partial charge in [-0.1, -0.05) is 13.3 Å². The number of alkyl halides is 1. The highest BCUT2D eigenvalue weighted by Gasteiger charge is 2.26. The van der Waals surface area contributed by atoms with Crippen LogP contribution in [-0.2, 0) is 0 Å². The predicted molar refractivity (Wildman–Crippen MR) is 43.3 cm³/mol. The first kappa shape index (κ1) is 8.35. The third kappa shape index (κ3) is 1.86. The van der Waals surface area contributed by atoms with E-state index in [4.69, 9.17) is 11.6 Å². The molecule has 0 spiro atoms. The average Bonchev–Trinajstić information content (AvgIpc) is 1.95. The third-order valence-corrected chi connectivity index (χ3v) is 2.93. The molecule has 1 unspecified atom stereocenters. The molecule has 0 aliphatic heterocycles. The van der Waals surface area contributed by atoms with Gasteiger partial charge in [0.2, 0.25) is 0 Å². The van der Waals surface area contributed by atoms with Crippen molar-refractivity contribution in [2.45, 2.75) is 44.1 Å². The molecule has 60 valence electrons. The van der Waals surface area contributed by atoms with Gasteiger partial charge in [0.1, 0.15) is 0 Å². The number of halogens is 1. The number of rotatable bonds is 1. The summed E-state index contributed by atoms with van der Waals surface area (Å²) in [5.74, 6) is 0.713. The average molecular weight is 163 g/mol. The van der Waals surface area contributed by atoms with Crippen LogP contribution in [0.1, 0.15) is 32.6 Å². The van der Waals surface area contributed by atoms with Crippen molar-refractivity contribution in [3.63, 3.8) is 0 Å². The summed E-state index contributed by atoms with van der Waals surface area (Å²) in [5, 5.41) is 9.36. The maximum Gasteiger partial charge on any atom is 0.0706 e. The standard InChI is InChI=1S/C8H15ClO/c1-2-6-3-4-7(9)8(10)5-6/h6-8,10H,2-5H2,1H3/t6-,7?,8-/m1/s1. The summed E-state index contributed by atoms with van der Waals surface area (Å²) >= 11 is 5.84. The van der Waals surface area contributed by atoms with Gasteiger partial charge in [-0.3, -0.25) is 0 Å². The Balaban J connectivity index is 2.33. The van der Waals surface area contributed by atoms with E-state index in [1.807, 2.05) is 0 Å². The van der Waals surface area contributed by atoms with Crippen LogP contribution in [0, 0.1) is 5.92 Å². The molecule has 1 aliphatic carbocycles. The van der Waals surface area contributed by atoms with E-state index in [0.29, 0.717) is 5.92 Å². The summed E-state index contributed by atoms with van der Waals surface area (Å²) in [4.78, 5) is 0. The summed E-state index contributed by atoms with van der Waals surface area (Å²) in [6.45, 7) is 2.17. The van der Waals surface area contributed by atoms with Crippen LogP contribution in [0.3, 0.4) is 0 Å². The van der Waals surface area contributed by atoms with Crippen LogP contribution in [0.15, 0.2) is 0 Å². The van der Waals surface area contributed by atoms with Gasteiger partial charge in [0, 0.05) is 0 Å². The van der Waals surface area contributed by atoms with E-state index in [1.54, 1.807) is 0 Å². The Labute approximate surface area is 67.4 Å². The molecule has 1 N–H and O–H groups in total. The zero-order valence-electron chi connectivity index (χ0n) is 6.39. The Kier molecular flexibility index (Phi) is 2.99. The Morgan fingerprint density at radius 2 is 2.20 bits per heavy atom. The second-order valence-corrected chi connectivity index (χ2v) is 3.73. The van der Waals surface area contributed by atoms with Gasteiger partial charge in [-0.25, -0.2) is 0 Å². The largest absolute Gasteiger partial charge is 0.392 e. The van der Waals surface area contributed by atoms with Crippen LogP contribution < -0.4 is 0 Å². The molecule has 1 aliphatic rings. The van der Waals surface area contributed by atoms with Gasteiger partial charge in [-0.15, -0.1) is 11.6 Å². The van der Waals surface area contributed by atoms with Crippen LogP contribution in [-0.4, -0.2) is 16.6 Å². The quantitative estimate of drug-likeness (QED) is 0.586. The molecule has 10 heavy (non-hydrogen) atoms. The van der Waals surface area contributed by atoms with E-state index in [0.717, 1.165) is 12.8 Å². The highest BCUT2D eigenvalue weighted by atomic mass is 35.5. The van der Waals surface area contributed by atoms with E-state index < -0.39 is 0 Å². The van der Waals surface area contributed by atoms with Crippen LogP contribution >= 0.6 is 11.6 Å². The van der Waals surface area contributed by atoms with Gasteiger partial charge >= 0.3 is 0 Å². The van der Waals surface area contributed by atoms with Gasteiger partial charge in [0.15, 0.2) is 0 Å². The van der Waals surface area contributed by atoms with Gasteiger partial charge in [0.05, 0.1) is 11.5 Å². The van der Waals surface area contributed by atoms with Crippen LogP contribution in [0.25, 0.3) is 0 Å². The van der Waals surface area contributed by atoms with Gasteiger partial charge in [-0.05, 0) is 25.2 Å². The number of aliphatic hydroxyl groups excluding tert-OH is 1. The molecule has 0 bridgehead atoms.